The van der Waals surface area contributed by atoms with Gasteiger partial charge < -0.3 is 14.4 Å². The van der Waals surface area contributed by atoms with Crippen LogP contribution in [-0.4, -0.2) is 65.9 Å². The summed E-state index contributed by atoms with van der Waals surface area (Å²) in [6.07, 6.45) is 4.79. The van der Waals surface area contributed by atoms with Gasteiger partial charge in [-0.05, 0) is 56.0 Å². The van der Waals surface area contributed by atoms with Gasteiger partial charge in [-0.25, -0.2) is 0 Å². The van der Waals surface area contributed by atoms with E-state index in [9.17, 15) is 4.79 Å². The molecule has 4 rings (SSSR count). The summed E-state index contributed by atoms with van der Waals surface area (Å²) in [7, 11) is 2.12. The number of rotatable bonds is 7. The number of morpholine rings is 1. The Morgan fingerprint density at radius 3 is 2.72 bits per heavy atom. The van der Waals surface area contributed by atoms with Crippen LogP contribution in [0.25, 0.3) is 0 Å². The molecule has 0 bridgehead atoms. The number of nitrogens with one attached hydrogen (secondary N) is 1. The van der Waals surface area contributed by atoms with Crippen LogP contribution in [0.1, 0.15) is 35.4 Å². The number of H-pyrrole nitrogens is 1. The first-order valence-corrected chi connectivity index (χ1v) is 10.5. The fourth-order valence-corrected chi connectivity index (χ4v) is 4.04. The number of aryl methyl sites for hydroxylation is 1. The number of nitrogens with zero attached hydrogens (tertiary/aromatic N) is 3. The summed E-state index contributed by atoms with van der Waals surface area (Å²) in [5.74, 6) is 0.735. The van der Waals surface area contributed by atoms with Gasteiger partial charge in [-0.2, -0.15) is 5.10 Å². The number of benzene rings is 1. The van der Waals surface area contributed by atoms with E-state index in [1.807, 2.05) is 12.1 Å². The highest BCUT2D eigenvalue weighted by Gasteiger charge is 2.18. The number of hydrogen-bond acceptors (Lipinski definition) is 5. The van der Waals surface area contributed by atoms with Crippen LogP contribution in [-0.2, 0) is 35.5 Å². The molecule has 2 aliphatic rings. The maximum atomic E-state index is 12.2. The normalized spacial score (nSPS) is 16.7. The van der Waals surface area contributed by atoms with E-state index in [0.717, 1.165) is 31.7 Å². The molecule has 2 aromatic rings. The molecule has 29 heavy (non-hydrogen) atoms. The van der Waals surface area contributed by atoms with Crippen LogP contribution in [0.2, 0.25) is 0 Å². The van der Waals surface area contributed by atoms with E-state index in [-0.39, 0.29) is 12.5 Å². The van der Waals surface area contributed by atoms with Crippen molar-refractivity contribution in [1.29, 1.82) is 0 Å². The molecule has 1 N–H and O–H groups in total. The van der Waals surface area contributed by atoms with Gasteiger partial charge in [0.05, 0.1) is 18.9 Å². The Kier molecular flexibility index (Phi) is 6.46. The summed E-state index contributed by atoms with van der Waals surface area (Å²) in [5, 5.41) is 7.76. The molecule has 0 atom stereocenters. The molecule has 0 unspecified atom stereocenters. The standard InChI is InChI=1S/C22H30N4O3/c1-25(15-21-19-4-2-3-5-20(19)23-24-21)14-17-6-8-18(9-7-17)29-16-22(27)26-10-12-28-13-11-26/h6-9H,2-5,10-16H2,1H3,(H,23,24). The monoisotopic (exact) mass is 398 g/mol. The lowest BCUT2D eigenvalue weighted by molar-refractivity contribution is -0.137. The second-order valence-corrected chi connectivity index (χ2v) is 7.93. The molecule has 1 fully saturated rings. The Bertz CT molecular complexity index is 812. The number of ether oxygens (including phenoxy) is 2. The zero-order chi connectivity index (χ0) is 20.1. The quantitative estimate of drug-likeness (QED) is 0.774. The highest BCUT2D eigenvalue weighted by atomic mass is 16.5. The average Bonchev–Trinajstić information content (AvgIpc) is 3.16. The highest BCUT2D eigenvalue weighted by Crippen LogP contribution is 2.23. The number of hydrogen-bond donors (Lipinski definition) is 1. The highest BCUT2D eigenvalue weighted by molar-refractivity contribution is 5.77. The van der Waals surface area contributed by atoms with Crippen LogP contribution in [0, 0.1) is 0 Å². The molecule has 1 aromatic heterocycles. The summed E-state index contributed by atoms with van der Waals surface area (Å²) in [5.41, 5.74) is 5.15. The molecule has 0 radical (unpaired) electrons. The van der Waals surface area contributed by atoms with Gasteiger partial charge >= 0.3 is 0 Å². The lowest BCUT2D eigenvalue weighted by atomic mass is 9.96. The molecule has 0 spiro atoms. The van der Waals surface area contributed by atoms with Crippen molar-refractivity contribution < 1.29 is 14.3 Å². The van der Waals surface area contributed by atoms with E-state index in [1.54, 1.807) is 4.90 Å². The maximum absolute atomic E-state index is 12.2. The minimum atomic E-state index is 0.0134. The van der Waals surface area contributed by atoms with Crippen molar-refractivity contribution in [3.8, 4) is 5.75 Å². The molecule has 7 heteroatoms. The second-order valence-electron chi connectivity index (χ2n) is 7.93. The van der Waals surface area contributed by atoms with Crippen molar-refractivity contribution in [2.45, 2.75) is 38.8 Å². The van der Waals surface area contributed by atoms with E-state index < -0.39 is 0 Å². The molecule has 1 aliphatic carbocycles. The lowest BCUT2D eigenvalue weighted by Crippen LogP contribution is -2.42. The summed E-state index contributed by atoms with van der Waals surface area (Å²) < 4.78 is 10.9. The minimum absolute atomic E-state index is 0.0134. The molecule has 1 saturated heterocycles. The molecule has 2 heterocycles. The van der Waals surface area contributed by atoms with Gasteiger partial charge in [0.25, 0.3) is 5.91 Å². The predicted molar refractivity (Wildman–Crippen MR) is 110 cm³/mol. The Balaban J connectivity index is 1.25. The summed E-state index contributed by atoms with van der Waals surface area (Å²) in [6, 6.07) is 7.99. The van der Waals surface area contributed by atoms with Crippen molar-refractivity contribution in [2.75, 3.05) is 40.0 Å². The van der Waals surface area contributed by atoms with Crippen molar-refractivity contribution in [1.82, 2.24) is 20.0 Å². The SMILES string of the molecule is CN(Cc1ccc(OCC(=O)N2CCOCC2)cc1)Cc1n[nH]c2c1CCCC2. The zero-order valence-electron chi connectivity index (χ0n) is 17.2. The van der Waals surface area contributed by atoms with Gasteiger partial charge in [0, 0.05) is 31.9 Å². The van der Waals surface area contributed by atoms with Gasteiger partial charge in [0.2, 0.25) is 0 Å². The number of aromatic amines is 1. The first kappa shape index (κ1) is 19.9. The van der Waals surface area contributed by atoms with Crippen LogP contribution >= 0.6 is 0 Å². The molecule has 1 aliphatic heterocycles. The van der Waals surface area contributed by atoms with Crippen LogP contribution in [0.5, 0.6) is 5.75 Å². The Hall–Kier alpha value is -2.38. The Morgan fingerprint density at radius 1 is 1.17 bits per heavy atom. The van der Waals surface area contributed by atoms with Crippen LogP contribution < -0.4 is 4.74 Å². The van der Waals surface area contributed by atoms with Crippen molar-refractivity contribution in [3.63, 3.8) is 0 Å². The molecule has 1 aromatic carbocycles. The summed E-state index contributed by atoms with van der Waals surface area (Å²) in [6.45, 7) is 4.26. The molecule has 156 valence electrons. The van der Waals surface area contributed by atoms with Crippen molar-refractivity contribution in [2.24, 2.45) is 0 Å². The third-order valence-corrected chi connectivity index (χ3v) is 5.66. The largest absolute Gasteiger partial charge is 0.484 e. The third kappa shape index (κ3) is 5.16. The van der Waals surface area contributed by atoms with E-state index in [0.29, 0.717) is 26.3 Å². The van der Waals surface area contributed by atoms with Gasteiger partial charge in [-0.1, -0.05) is 12.1 Å². The number of carbonyl (C=O) groups is 1. The van der Waals surface area contributed by atoms with Gasteiger partial charge in [0.15, 0.2) is 6.61 Å². The second kappa shape index (κ2) is 9.41. The van der Waals surface area contributed by atoms with E-state index in [2.05, 4.69) is 34.3 Å². The minimum Gasteiger partial charge on any atom is -0.484 e. The van der Waals surface area contributed by atoms with Crippen molar-refractivity contribution >= 4 is 5.91 Å². The lowest BCUT2D eigenvalue weighted by Gasteiger charge is -2.26. The Morgan fingerprint density at radius 2 is 1.93 bits per heavy atom. The number of amides is 1. The van der Waals surface area contributed by atoms with E-state index >= 15 is 0 Å². The topological polar surface area (TPSA) is 70.7 Å². The number of carbonyl (C=O) groups excluding carboxylic acids is 1. The van der Waals surface area contributed by atoms with Gasteiger partial charge in [-0.3, -0.25) is 14.8 Å². The average molecular weight is 399 g/mol. The predicted octanol–water partition coefficient (Wildman–Crippen LogP) is 2.16. The summed E-state index contributed by atoms with van der Waals surface area (Å²) >= 11 is 0. The molecule has 0 saturated carbocycles. The smallest absolute Gasteiger partial charge is 0.260 e. The maximum Gasteiger partial charge on any atom is 0.260 e. The fraction of sp³-hybridized carbons (Fsp3) is 0.545. The number of fused-ring (bicyclic) bond motifs is 1. The van der Waals surface area contributed by atoms with E-state index in [4.69, 9.17) is 9.47 Å². The third-order valence-electron chi connectivity index (χ3n) is 5.66. The van der Waals surface area contributed by atoms with Crippen LogP contribution in [0.3, 0.4) is 0 Å². The Labute approximate surface area is 172 Å². The molecular weight excluding hydrogens is 368 g/mol. The first-order valence-electron chi connectivity index (χ1n) is 10.5. The van der Waals surface area contributed by atoms with Crippen LogP contribution in [0.15, 0.2) is 24.3 Å². The molecule has 7 nitrogen and oxygen atoms in total. The first-order chi connectivity index (χ1) is 14.2. The molecular formula is C22H30N4O3. The van der Waals surface area contributed by atoms with Crippen LogP contribution in [0.4, 0.5) is 0 Å². The van der Waals surface area contributed by atoms with E-state index in [1.165, 1.54) is 35.4 Å². The van der Waals surface area contributed by atoms with Crippen molar-refractivity contribution in [3.05, 3.63) is 46.8 Å². The number of aromatic nitrogens is 2. The molecule has 1 amide bonds. The zero-order valence-corrected chi connectivity index (χ0v) is 17.2. The van der Waals surface area contributed by atoms with Gasteiger partial charge in [-0.15, -0.1) is 0 Å². The fourth-order valence-electron chi connectivity index (χ4n) is 4.04. The van der Waals surface area contributed by atoms with Gasteiger partial charge in [0.1, 0.15) is 5.75 Å². The summed E-state index contributed by atoms with van der Waals surface area (Å²) in [4.78, 5) is 16.2.